The minimum atomic E-state index is -3.41. The molecule has 0 atom stereocenters. The van der Waals surface area contributed by atoms with E-state index < -0.39 is 16.0 Å². The van der Waals surface area contributed by atoms with Crippen molar-refractivity contribution in [1.82, 2.24) is 10.0 Å². The summed E-state index contributed by atoms with van der Waals surface area (Å²) in [7, 11) is -3.41. The highest BCUT2D eigenvalue weighted by molar-refractivity contribution is 7.89. The molecule has 0 amide bonds. The molecule has 1 fully saturated rings. The number of carboxylic acid groups (broad SMARTS) is 1. The molecule has 76 valence electrons. The topological polar surface area (TPSA) is 95.5 Å². The lowest BCUT2D eigenvalue weighted by Crippen LogP contribution is -2.57. The molecule has 1 heterocycles. The summed E-state index contributed by atoms with van der Waals surface area (Å²) in [6, 6.07) is -0.0706. The zero-order valence-corrected chi connectivity index (χ0v) is 7.80. The molecule has 1 aliphatic heterocycles. The molecule has 1 saturated heterocycles. The van der Waals surface area contributed by atoms with Crippen LogP contribution in [0.3, 0.4) is 0 Å². The Hall–Kier alpha value is -0.660. The Balaban J connectivity index is 2.32. The first-order chi connectivity index (χ1) is 5.99. The number of rotatable bonds is 5. The molecule has 0 aromatic rings. The van der Waals surface area contributed by atoms with Crippen molar-refractivity contribution in [3.05, 3.63) is 0 Å². The lowest BCUT2D eigenvalue weighted by atomic mass is 10.2. The van der Waals surface area contributed by atoms with Crippen LogP contribution in [0.25, 0.3) is 0 Å². The molecule has 1 rings (SSSR count). The fourth-order valence-electron chi connectivity index (χ4n) is 0.907. The van der Waals surface area contributed by atoms with E-state index in [1.807, 2.05) is 0 Å². The van der Waals surface area contributed by atoms with E-state index >= 15 is 0 Å². The number of carboxylic acids is 1. The van der Waals surface area contributed by atoms with Gasteiger partial charge in [-0.1, -0.05) is 0 Å². The normalized spacial score (nSPS) is 18.2. The fraction of sp³-hybridized carbons (Fsp3) is 0.833. The molecule has 0 bridgehead atoms. The van der Waals surface area contributed by atoms with Gasteiger partial charge in [-0.3, -0.25) is 4.79 Å². The standard InChI is InChI=1S/C6H12N2O4S/c9-6(10)1-2-13(11,12)8-5-3-7-4-5/h5,7-8H,1-4H2,(H,9,10). The van der Waals surface area contributed by atoms with Crippen LogP contribution in [0.1, 0.15) is 6.42 Å². The van der Waals surface area contributed by atoms with Gasteiger partial charge in [0.25, 0.3) is 0 Å². The summed E-state index contributed by atoms with van der Waals surface area (Å²) in [6.45, 7) is 1.23. The number of carbonyl (C=O) groups is 1. The third kappa shape index (κ3) is 3.71. The van der Waals surface area contributed by atoms with Crippen LogP contribution < -0.4 is 10.0 Å². The Morgan fingerprint density at radius 3 is 2.54 bits per heavy atom. The lowest BCUT2D eigenvalue weighted by Gasteiger charge is -2.27. The van der Waals surface area contributed by atoms with Crippen molar-refractivity contribution >= 4 is 16.0 Å². The quantitative estimate of drug-likeness (QED) is 0.503. The Morgan fingerprint density at radius 2 is 2.15 bits per heavy atom. The van der Waals surface area contributed by atoms with Gasteiger partial charge >= 0.3 is 5.97 Å². The zero-order chi connectivity index (χ0) is 9.90. The molecular formula is C6H12N2O4S. The molecule has 7 heteroatoms. The van der Waals surface area contributed by atoms with E-state index in [4.69, 9.17) is 5.11 Å². The first-order valence-electron chi connectivity index (χ1n) is 3.92. The second-order valence-corrected chi connectivity index (χ2v) is 4.81. The van der Waals surface area contributed by atoms with Crippen molar-refractivity contribution in [3.8, 4) is 0 Å². The minimum Gasteiger partial charge on any atom is -0.481 e. The maximum atomic E-state index is 11.1. The Labute approximate surface area is 76.4 Å². The van der Waals surface area contributed by atoms with Crippen molar-refractivity contribution in [2.24, 2.45) is 0 Å². The van der Waals surface area contributed by atoms with Gasteiger partial charge in [0, 0.05) is 19.1 Å². The summed E-state index contributed by atoms with van der Waals surface area (Å²) < 4.78 is 24.7. The van der Waals surface area contributed by atoms with Gasteiger partial charge < -0.3 is 10.4 Å². The van der Waals surface area contributed by atoms with Gasteiger partial charge in [-0.25, -0.2) is 13.1 Å². The van der Waals surface area contributed by atoms with E-state index in [0.29, 0.717) is 13.1 Å². The lowest BCUT2D eigenvalue weighted by molar-refractivity contribution is -0.136. The van der Waals surface area contributed by atoms with Crippen molar-refractivity contribution in [1.29, 1.82) is 0 Å². The van der Waals surface area contributed by atoms with Gasteiger partial charge in [-0.2, -0.15) is 0 Å². The second kappa shape index (κ2) is 4.03. The third-order valence-corrected chi connectivity index (χ3v) is 3.15. The first-order valence-corrected chi connectivity index (χ1v) is 5.57. The molecule has 6 nitrogen and oxygen atoms in total. The molecule has 0 spiro atoms. The maximum Gasteiger partial charge on any atom is 0.304 e. The molecule has 0 aromatic carbocycles. The molecule has 0 radical (unpaired) electrons. The van der Waals surface area contributed by atoms with Crippen LogP contribution in [0.2, 0.25) is 0 Å². The summed E-state index contributed by atoms with van der Waals surface area (Å²) in [5.74, 6) is -1.45. The summed E-state index contributed by atoms with van der Waals surface area (Å²) in [5, 5.41) is 11.2. The number of hydrogen-bond acceptors (Lipinski definition) is 4. The van der Waals surface area contributed by atoms with E-state index in [2.05, 4.69) is 10.0 Å². The summed E-state index contributed by atoms with van der Waals surface area (Å²) >= 11 is 0. The number of hydrogen-bond donors (Lipinski definition) is 3. The zero-order valence-electron chi connectivity index (χ0n) is 6.99. The van der Waals surface area contributed by atoms with Crippen LogP contribution in [0.4, 0.5) is 0 Å². The van der Waals surface area contributed by atoms with Crippen LogP contribution in [0.5, 0.6) is 0 Å². The van der Waals surface area contributed by atoms with Crippen LogP contribution in [-0.2, 0) is 14.8 Å². The van der Waals surface area contributed by atoms with Gasteiger partial charge in [0.1, 0.15) is 0 Å². The van der Waals surface area contributed by atoms with Gasteiger partial charge in [0.15, 0.2) is 0 Å². The van der Waals surface area contributed by atoms with Crippen LogP contribution in [0.15, 0.2) is 0 Å². The van der Waals surface area contributed by atoms with Gasteiger partial charge in [-0.15, -0.1) is 0 Å². The van der Waals surface area contributed by atoms with Gasteiger partial charge in [-0.05, 0) is 0 Å². The predicted octanol–water partition coefficient (Wildman–Crippen LogP) is -1.65. The molecule has 0 unspecified atom stereocenters. The molecule has 0 aromatic heterocycles. The SMILES string of the molecule is O=C(O)CCS(=O)(=O)NC1CNC1. The molecule has 13 heavy (non-hydrogen) atoms. The molecule has 3 N–H and O–H groups in total. The molecule has 1 aliphatic rings. The number of aliphatic carboxylic acids is 1. The van der Waals surface area contributed by atoms with Crippen molar-refractivity contribution in [3.63, 3.8) is 0 Å². The monoisotopic (exact) mass is 208 g/mol. The van der Waals surface area contributed by atoms with E-state index in [1.54, 1.807) is 0 Å². The van der Waals surface area contributed by atoms with Gasteiger partial charge in [0.05, 0.1) is 12.2 Å². The largest absolute Gasteiger partial charge is 0.481 e. The highest BCUT2D eigenvalue weighted by atomic mass is 32.2. The maximum absolute atomic E-state index is 11.1. The average molecular weight is 208 g/mol. The van der Waals surface area contributed by atoms with E-state index in [1.165, 1.54) is 0 Å². The first kappa shape index (κ1) is 10.4. The van der Waals surface area contributed by atoms with Gasteiger partial charge in [0.2, 0.25) is 10.0 Å². The van der Waals surface area contributed by atoms with E-state index in [9.17, 15) is 13.2 Å². The molecule has 0 aliphatic carbocycles. The van der Waals surface area contributed by atoms with Crippen LogP contribution >= 0.6 is 0 Å². The molecule has 0 saturated carbocycles. The highest BCUT2D eigenvalue weighted by Gasteiger charge is 2.23. The second-order valence-electron chi connectivity index (χ2n) is 2.94. The Morgan fingerprint density at radius 1 is 1.54 bits per heavy atom. The van der Waals surface area contributed by atoms with E-state index in [-0.39, 0.29) is 18.2 Å². The summed E-state index contributed by atoms with van der Waals surface area (Å²) in [5.41, 5.74) is 0. The van der Waals surface area contributed by atoms with Crippen molar-refractivity contribution < 1.29 is 18.3 Å². The Kier molecular flexibility index (Phi) is 3.23. The van der Waals surface area contributed by atoms with Crippen LogP contribution in [-0.4, -0.2) is 44.4 Å². The number of nitrogens with one attached hydrogen (secondary N) is 2. The van der Waals surface area contributed by atoms with E-state index in [0.717, 1.165) is 0 Å². The molecular weight excluding hydrogens is 196 g/mol. The van der Waals surface area contributed by atoms with Crippen molar-refractivity contribution in [2.75, 3.05) is 18.8 Å². The third-order valence-electron chi connectivity index (χ3n) is 1.71. The smallest absolute Gasteiger partial charge is 0.304 e. The predicted molar refractivity (Wildman–Crippen MR) is 45.8 cm³/mol. The fourth-order valence-corrected chi connectivity index (χ4v) is 2.14. The summed E-state index contributed by atoms with van der Waals surface area (Å²) in [4.78, 5) is 10.1. The number of sulfonamides is 1. The minimum absolute atomic E-state index is 0.0706. The van der Waals surface area contributed by atoms with Crippen molar-refractivity contribution in [2.45, 2.75) is 12.5 Å². The average Bonchev–Trinajstić information content (AvgIpc) is 1.94. The van der Waals surface area contributed by atoms with Crippen LogP contribution in [0, 0.1) is 0 Å². The Bertz CT molecular complexity index is 283. The highest BCUT2D eigenvalue weighted by Crippen LogP contribution is 1.96. The summed E-state index contributed by atoms with van der Waals surface area (Å²) in [6.07, 6.45) is -0.352.